The van der Waals surface area contributed by atoms with Gasteiger partial charge in [0.25, 0.3) is 5.91 Å². The van der Waals surface area contributed by atoms with E-state index in [4.69, 9.17) is 20.8 Å². The molecule has 0 bridgehead atoms. The zero-order valence-electron chi connectivity index (χ0n) is 13.7. The van der Waals surface area contributed by atoms with Crippen LogP contribution in [0.15, 0.2) is 77.4 Å². The Hall–Kier alpha value is -3.05. The van der Waals surface area contributed by atoms with Crippen molar-refractivity contribution in [2.45, 2.75) is 6.04 Å². The smallest absolute Gasteiger partial charge is 0.374 e. The minimum Gasteiger partial charge on any atom is -0.457 e. The normalized spacial score (nSPS) is 11.6. The van der Waals surface area contributed by atoms with Crippen LogP contribution in [0.3, 0.4) is 0 Å². The van der Waals surface area contributed by atoms with Gasteiger partial charge in [0.1, 0.15) is 0 Å². The Labute approximate surface area is 155 Å². The van der Waals surface area contributed by atoms with E-state index >= 15 is 0 Å². The first-order chi connectivity index (χ1) is 12.6. The van der Waals surface area contributed by atoms with Crippen LogP contribution in [0.4, 0.5) is 0 Å². The summed E-state index contributed by atoms with van der Waals surface area (Å²) in [4.78, 5) is 24.1. The second-order valence-electron chi connectivity index (χ2n) is 5.52. The van der Waals surface area contributed by atoms with Gasteiger partial charge in [0.05, 0.1) is 12.3 Å². The van der Waals surface area contributed by atoms with E-state index in [-0.39, 0.29) is 11.8 Å². The summed E-state index contributed by atoms with van der Waals surface area (Å²) in [5.74, 6) is -1.06. The highest BCUT2D eigenvalue weighted by atomic mass is 35.5. The van der Waals surface area contributed by atoms with Gasteiger partial charge in [-0.1, -0.05) is 54.1 Å². The minimum atomic E-state index is -0.687. The minimum absolute atomic E-state index is 0.0510. The van der Waals surface area contributed by atoms with Crippen molar-refractivity contribution >= 4 is 23.5 Å². The number of hydrogen-bond acceptors (Lipinski definition) is 4. The lowest BCUT2D eigenvalue weighted by atomic mass is 9.99. The third-order valence-electron chi connectivity index (χ3n) is 3.70. The molecule has 3 aromatic rings. The molecular weight excluding hydrogens is 354 g/mol. The van der Waals surface area contributed by atoms with Crippen molar-refractivity contribution in [3.05, 3.63) is 94.9 Å². The summed E-state index contributed by atoms with van der Waals surface area (Å²) >= 11 is 5.95. The van der Waals surface area contributed by atoms with Gasteiger partial charge in [-0.05, 0) is 35.4 Å². The lowest BCUT2D eigenvalue weighted by Crippen LogP contribution is -2.33. The van der Waals surface area contributed by atoms with E-state index in [1.165, 1.54) is 12.3 Å². The van der Waals surface area contributed by atoms with E-state index in [0.717, 1.165) is 11.1 Å². The van der Waals surface area contributed by atoms with E-state index in [9.17, 15) is 9.59 Å². The molecule has 1 heterocycles. The standard InChI is InChI=1S/C20H16ClNO4/c21-16-10-8-15(9-11-16)19(14-5-2-1-3-6-14)22-18(23)13-26-20(24)17-7-4-12-25-17/h1-12,19H,13H2,(H,22,23). The van der Waals surface area contributed by atoms with Crippen LogP contribution in [0, 0.1) is 0 Å². The molecule has 5 nitrogen and oxygen atoms in total. The summed E-state index contributed by atoms with van der Waals surface area (Å²) in [6, 6.07) is 19.4. The van der Waals surface area contributed by atoms with E-state index in [1.54, 1.807) is 18.2 Å². The van der Waals surface area contributed by atoms with Crippen molar-refractivity contribution in [3.8, 4) is 0 Å². The molecule has 0 fully saturated rings. The molecular formula is C20H16ClNO4. The van der Waals surface area contributed by atoms with Crippen LogP contribution in [0.25, 0.3) is 0 Å². The fraction of sp³-hybridized carbons (Fsp3) is 0.100. The van der Waals surface area contributed by atoms with Crippen LogP contribution >= 0.6 is 11.6 Å². The topological polar surface area (TPSA) is 68.5 Å². The number of amides is 1. The van der Waals surface area contributed by atoms with Gasteiger partial charge in [-0.15, -0.1) is 0 Å². The third kappa shape index (κ3) is 4.52. The molecule has 0 aliphatic rings. The van der Waals surface area contributed by atoms with Gasteiger partial charge in [0, 0.05) is 5.02 Å². The van der Waals surface area contributed by atoms with Crippen molar-refractivity contribution in [2.75, 3.05) is 6.61 Å². The highest BCUT2D eigenvalue weighted by molar-refractivity contribution is 6.30. The van der Waals surface area contributed by atoms with Gasteiger partial charge in [-0.3, -0.25) is 4.79 Å². The number of hydrogen-bond donors (Lipinski definition) is 1. The van der Waals surface area contributed by atoms with Crippen LogP contribution in [-0.4, -0.2) is 18.5 Å². The van der Waals surface area contributed by atoms with Crippen LogP contribution in [-0.2, 0) is 9.53 Å². The number of furan rings is 1. The monoisotopic (exact) mass is 369 g/mol. The average molecular weight is 370 g/mol. The van der Waals surface area contributed by atoms with Crippen molar-refractivity contribution < 1.29 is 18.7 Å². The number of nitrogens with one attached hydrogen (secondary N) is 1. The highest BCUT2D eigenvalue weighted by Gasteiger charge is 2.18. The Morgan fingerprint density at radius 2 is 1.65 bits per heavy atom. The highest BCUT2D eigenvalue weighted by Crippen LogP contribution is 2.23. The number of rotatable bonds is 6. The van der Waals surface area contributed by atoms with E-state index in [1.807, 2.05) is 42.5 Å². The van der Waals surface area contributed by atoms with Crippen LogP contribution < -0.4 is 5.32 Å². The number of benzene rings is 2. The molecule has 0 aliphatic heterocycles. The van der Waals surface area contributed by atoms with E-state index in [2.05, 4.69) is 5.32 Å². The number of carbonyl (C=O) groups is 2. The molecule has 132 valence electrons. The number of carbonyl (C=O) groups excluding carboxylic acids is 2. The molecule has 1 aromatic heterocycles. The maximum absolute atomic E-state index is 12.3. The summed E-state index contributed by atoms with van der Waals surface area (Å²) in [5.41, 5.74) is 1.77. The fourth-order valence-corrected chi connectivity index (χ4v) is 2.59. The predicted octanol–water partition coefficient (Wildman–Crippen LogP) is 4.00. The van der Waals surface area contributed by atoms with Crippen molar-refractivity contribution in [1.82, 2.24) is 5.32 Å². The van der Waals surface area contributed by atoms with Crippen LogP contribution in [0.2, 0.25) is 5.02 Å². The zero-order valence-corrected chi connectivity index (χ0v) is 14.5. The van der Waals surface area contributed by atoms with E-state index < -0.39 is 18.5 Å². The van der Waals surface area contributed by atoms with Gasteiger partial charge >= 0.3 is 5.97 Å². The predicted molar refractivity (Wildman–Crippen MR) is 96.9 cm³/mol. The molecule has 3 rings (SSSR count). The molecule has 0 saturated carbocycles. The molecule has 0 radical (unpaired) electrons. The second-order valence-corrected chi connectivity index (χ2v) is 5.95. The Morgan fingerprint density at radius 3 is 2.31 bits per heavy atom. The molecule has 6 heteroatoms. The molecule has 1 unspecified atom stereocenters. The van der Waals surface area contributed by atoms with Crippen molar-refractivity contribution in [2.24, 2.45) is 0 Å². The first kappa shape index (κ1) is 17.8. The Balaban J connectivity index is 1.70. The summed E-state index contributed by atoms with van der Waals surface area (Å²) in [7, 11) is 0. The summed E-state index contributed by atoms with van der Waals surface area (Å²) < 4.78 is 9.91. The maximum Gasteiger partial charge on any atom is 0.374 e. The lowest BCUT2D eigenvalue weighted by Gasteiger charge is -2.20. The van der Waals surface area contributed by atoms with Crippen molar-refractivity contribution in [1.29, 1.82) is 0 Å². The molecule has 0 saturated heterocycles. The van der Waals surface area contributed by atoms with Gasteiger partial charge in [-0.25, -0.2) is 4.79 Å². The molecule has 1 atom stereocenters. The van der Waals surface area contributed by atoms with Gasteiger partial charge in [0.15, 0.2) is 6.61 Å². The third-order valence-corrected chi connectivity index (χ3v) is 3.95. The maximum atomic E-state index is 12.3. The Morgan fingerprint density at radius 1 is 0.962 bits per heavy atom. The molecule has 1 amide bonds. The van der Waals surface area contributed by atoms with E-state index in [0.29, 0.717) is 5.02 Å². The molecule has 0 aliphatic carbocycles. The molecule has 1 N–H and O–H groups in total. The van der Waals surface area contributed by atoms with Gasteiger partial charge in [-0.2, -0.15) is 0 Å². The molecule has 26 heavy (non-hydrogen) atoms. The molecule has 0 spiro atoms. The first-order valence-electron chi connectivity index (χ1n) is 7.94. The van der Waals surface area contributed by atoms with Crippen LogP contribution in [0.5, 0.6) is 0 Å². The second kappa shape index (κ2) is 8.36. The summed E-state index contributed by atoms with van der Waals surface area (Å²) in [6.45, 7) is -0.406. The average Bonchev–Trinajstić information content (AvgIpc) is 3.21. The Kier molecular flexibility index (Phi) is 5.71. The lowest BCUT2D eigenvalue weighted by molar-refractivity contribution is -0.124. The first-order valence-corrected chi connectivity index (χ1v) is 8.31. The quantitative estimate of drug-likeness (QED) is 0.667. The van der Waals surface area contributed by atoms with Gasteiger partial charge in [0.2, 0.25) is 5.76 Å². The van der Waals surface area contributed by atoms with Crippen LogP contribution in [0.1, 0.15) is 27.7 Å². The summed E-state index contributed by atoms with van der Waals surface area (Å²) in [5, 5.41) is 3.49. The Bertz CT molecular complexity index is 861. The fourth-order valence-electron chi connectivity index (χ4n) is 2.46. The molecule has 2 aromatic carbocycles. The van der Waals surface area contributed by atoms with Crippen molar-refractivity contribution in [3.63, 3.8) is 0 Å². The number of ether oxygens (including phenoxy) is 1. The van der Waals surface area contributed by atoms with Gasteiger partial charge < -0.3 is 14.5 Å². The number of halogens is 1. The largest absolute Gasteiger partial charge is 0.457 e. The SMILES string of the molecule is O=C(COC(=O)c1ccco1)NC(c1ccccc1)c1ccc(Cl)cc1. The summed E-state index contributed by atoms with van der Waals surface area (Å²) in [6.07, 6.45) is 1.36. The zero-order chi connectivity index (χ0) is 18.4. The number of esters is 1.